The maximum absolute atomic E-state index is 12.5. The largest absolute Gasteiger partial charge is 0.493 e. The number of aromatic hydroxyl groups is 1. The van der Waals surface area contributed by atoms with Crippen LogP contribution in [0.15, 0.2) is 24.3 Å². The van der Waals surface area contributed by atoms with Crippen molar-refractivity contribution >= 4 is 11.8 Å². The second-order valence-corrected chi connectivity index (χ2v) is 7.86. The van der Waals surface area contributed by atoms with Crippen LogP contribution in [0, 0.1) is 18.8 Å². The molecule has 0 radical (unpaired) electrons. The Morgan fingerprint density at radius 3 is 2.61 bits per heavy atom. The van der Waals surface area contributed by atoms with Crippen LogP contribution in [0.3, 0.4) is 0 Å². The van der Waals surface area contributed by atoms with Crippen molar-refractivity contribution in [2.45, 2.75) is 44.9 Å². The number of aryl methyl sites for hydroxylation is 1. The Hall–Kier alpha value is -2.76. The number of aromatic nitrogens is 2. The molecule has 0 aliphatic heterocycles. The number of fused-ring (bicyclic) bond motifs is 3. The van der Waals surface area contributed by atoms with E-state index in [4.69, 9.17) is 9.72 Å². The molecule has 1 aromatic heterocycles. The summed E-state index contributed by atoms with van der Waals surface area (Å²) in [5.41, 5.74) is 2.64. The number of benzene rings is 1. The molecular formula is C22H24N2O4. The number of carbonyl (C=O) groups is 2. The van der Waals surface area contributed by atoms with Crippen molar-refractivity contribution in [1.82, 2.24) is 9.97 Å². The van der Waals surface area contributed by atoms with E-state index in [1.807, 2.05) is 19.1 Å². The third-order valence-electron chi connectivity index (χ3n) is 6.56. The first-order valence-electron chi connectivity index (χ1n) is 9.67. The molecule has 0 spiro atoms. The van der Waals surface area contributed by atoms with E-state index >= 15 is 0 Å². The third kappa shape index (κ3) is 2.62. The van der Waals surface area contributed by atoms with Gasteiger partial charge >= 0.3 is 5.97 Å². The zero-order valence-electron chi connectivity index (χ0n) is 16.4. The van der Waals surface area contributed by atoms with Crippen molar-refractivity contribution in [3.63, 3.8) is 0 Å². The summed E-state index contributed by atoms with van der Waals surface area (Å²) in [6.07, 6.45) is 2.56. The van der Waals surface area contributed by atoms with Crippen molar-refractivity contribution in [2.75, 3.05) is 7.11 Å². The predicted molar refractivity (Wildman–Crippen MR) is 102 cm³/mol. The zero-order chi connectivity index (χ0) is 20.1. The van der Waals surface area contributed by atoms with E-state index < -0.39 is 5.41 Å². The number of ether oxygens (including phenoxy) is 1. The molecule has 1 fully saturated rings. The van der Waals surface area contributed by atoms with Crippen molar-refractivity contribution in [1.29, 1.82) is 0 Å². The fourth-order valence-corrected chi connectivity index (χ4v) is 5.17. The summed E-state index contributed by atoms with van der Waals surface area (Å²) in [6.45, 7) is 3.78. The molecule has 2 aliphatic carbocycles. The Labute approximate surface area is 164 Å². The van der Waals surface area contributed by atoms with Gasteiger partial charge in [-0.3, -0.25) is 4.79 Å². The fourth-order valence-electron chi connectivity index (χ4n) is 5.17. The maximum atomic E-state index is 12.5. The molecule has 0 amide bonds. The molecule has 0 saturated heterocycles. The van der Waals surface area contributed by atoms with Gasteiger partial charge in [0, 0.05) is 23.3 Å². The topological polar surface area (TPSA) is 89.4 Å². The number of carbonyl (C=O) groups excluding carboxylic acids is 2. The highest BCUT2D eigenvalue weighted by molar-refractivity contribution is 5.89. The summed E-state index contributed by atoms with van der Waals surface area (Å²) in [7, 11) is 1.36. The molecule has 1 aromatic carbocycles. The number of ketones is 1. The van der Waals surface area contributed by atoms with Crippen LogP contribution in [0.5, 0.6) is 5.88 Å². The predicted octanol–water partition coefficient (Wildman–Crippen LogP) is 3.12. The van der Waals surface area contributed by atoms with Gasteiger partial charge in [0.15, 0.2) is 0 Å². The number of nitrogens with zero attached hydrogens (tertiary/aromatic N) is 2. The van der Waals surface area contributed by atoms with E-state index in [1.165, 1.54) is 7.11 Å². The van der Waals surface area contributed by atoms with Crippen LogP contribution in [0.1, 0.15) is 59.2 Å². The fraction of sp³-hybridized carbons (Fsp3) is 0.455. The van der Waals surface area contributed by atoms with E-state index in [-0.39, 0.29) is 29.5 Å². The lowest BCUT2D eigenvalue weighted by Gasteiger charge is -2.50. The summed E-state index contributed by atoms with van der Waals surface area (Å²) >= 11 is 0. The highest BCUT2D eigenvalue weighted by atomic mass is 16.5. The minimum atomic E-state index is -0.471. The molecule has 1 N–H and O–H groups in total. The van der Waals surface area contributed by atoms with E-state index in [2.05, 4.69) is 4.98 Å². The molecule has 146 valence electrons. The van der Waals surface area contributed by atoms with Crippen LogP contribution in [-0.4, -0.2) is 33.9 Å². The van der Waals surface area contributed by atoms with Crippen LogP contribution in [0.25, 0.3) is 0 Å². The second kappa shape index (κ2) is 6.69. The minimum Gasteiger partial charge on any atom is -0.493 e. The highest BCUT2D eigenvalue weighted by Crippen LogP contribution is 2.55. The molecule has 1 unspecified atom stereocenters. The molecule has 6 heteroatoms. The lowest BCUT2D eigenvalue weighted by Crippen LogP contribution is -2.50. The van der Waals surface area contributed by atoms with Gasteiger partial charge in [-0.1, -0.05) is 19.1 Å². The number of Topliss-reactive ketones (excluding diaryl/α,β-unsaturated/α-hetero) is 1. The Morgan fingerprint density at radius 2 is 1.93 bits per heavy atom. The average molecular weight is 380 g/mol. The molecule has 6 nitrogen and oxygen atoms in total. The number of esters is 1. The Bertz CT molecular complexity index is 954. The summed E-state index contributed by atoms with van der Waals surface area (Å²) in [4.78, 5) is 33.3. The highest BCUT2D eigenvalue weighted by Gasteiger charge is 2.53. The van der Waals surface area contributed by atoms with Crippen molar-refractivity contribution in [3.05, 3.63) is 52.5 Å². The smallest absolute Gasteiger partial charge is 0.337 e. The molecule has 1 heterocycles. The van der Waals surface area contributed by atoms with Gasteiger partial charge in [-0.15, -0.1) is 0 Å². The SMILES string of the molecule is COC(=O)c1ccc(C23CCC(=O)[C@@H](C)[C@@H]2CCc2c(O)nc(C)nc23)cc1. The maximum Gasteiger partial charge on any atom is 0.337 e. The quantitative estimate of drug-likeness (QED) is 0.805. The molecule has 0 bridgehead atoms. The van der Waals surface area contributed by atoms with Gasteiger partial charge in [-0.05, 0) is 49.8 Å². The lowest BCUT2D eigenvalue weighted by molar-refractivity contribution is -0.128. The van der Waals surface area contributed by atoms with Gasteiger partial charge in [0.1, 0.15) is 11.6 Å². The number of hydrogen-bond acceptors (Lipinski definition) is 6. The summed E-state index contributed by atoms with van der Waals surface area (Å²) in [5.74, 6) is 0.472. The average Bonchev–Trinajstić information content (AvgIpc) is 2.70. The zero-order valence-corrected chi connectivity index (χ0v) is 16.4. The van der Waals surface area contributed by atoms with Crippen LogP contribution in [-0.2, 0) is 21.4 Å². The number of methoxy groups -OCH3 is 1. The van der Waals surface area contributed by atoms with Crippen LogP contribution in [0.4, 0.5) is 0 Å². The van der Waals surface area contributed by atoms with E-state index in [0.717, 1.165) is 23.2 Å². The Kier molecular flexibility index (Phi) is 4.44. The molecule has 28 heavy (non-hydrogen) atoms. The standard InChI is InChI=1S/C22H24N2O4/c1-12-17-9-8-16-19(23-13(2)24-20(16)26)22(17,11-10-18(12)25)15-6-4-14(5-7-15)21(27)28-3/h4-7,12,17H,8-11H2,1-3H3,(H,23,24,26)/t12-,17-,22?/m0/s1. The molecule has 2 aromatic rings. The lowest BCUT2D eigenvalue weighted by atomic mass is 9.53. The molecule has 3 atom stereocenters. The molecule has 1 saturated carbocycles. The monoisotopic (exact) mass is 380 g/mol. The van der Waals surface area contributed by atoms with E-state index in [9.17, 15) is 14.7 Å². The van der Waals surface area contributed by atoms with Crippen LogP contribution >= 0.6 is 0 Å². The first-order chi connectivity index (χ1) is 13.4. The Balaban J connectivity index is 1.94. The van der Waals surface area contributed by atoms with Gasteiger partial charge in [-0.25, -0.2) is 9.78 Å². The molecular weight excluding hydrogens is 356 g/mol. The van der Waals surface area contributed by atoms with Gasteiger partial charge in [0.25, 0.3) is 0 Å². The first-order valence-corrected chi connectivity index (χ1v) is 9.67. The van der Waals surface area contributed by atoms with Crippen molar-refractivity contribution in [2.24, 2.45) is 11.8 Å². The minimum absolute atomic E-state index is 0.0380. The summed E-state index contributed by atoms with van der Waals surface area (Å²) < 4.78 is 4.81. The van der Waals surface area contributed by atoms with Crippen molar-refractivity contribution in [3.8, 4) is 5.88 Å². The number of rotatable bonds is 2. The summed E-state index contributed by atoms with van der Waals surface area (Å²) in [6, 6.07) is 7.39. The van der Waals surface area contributed by atoms with Crippen molar-refractivity contribution < 1.29 is 19.4 Å². The first kappa shape index (κ1) is 18.6. The number of hydrogen-bond donors (Lipinski definition) is 1. The van der Waals surface area contributed by atoms with E-state index in [1.54, 1.807) is 19.1 Å². The van der Waals surface area contributed by atoms with Gasteiger partial charge < -0.3 is 9.84 Å². The Morgan fingerprint density at radius 1 is 1.21 bits per heavy atom. The third-order valence-corrected chi connectivity index (χ3v) is 6.56. The van der Waals surface area contributed by atoms with Gasteiger partial charge in [-0.2, -0.15) is 4.98 Å². The van der Waals surface area contributed by atoms with Crippen LogP contribution in [0.2, 0.25) is 0 Å². The molecule has 2 aliphatic rings. The normalized spacial score (nSPS) is 26.3. The van der Waals surface area contributed by atoms with Gasteiger partial charge in [0.05, 0.1) is 18.4 Å². The van der Waals surface area contributed by atoms with E-state index in [0.29, 0.717) is 30.7 Å². The second-order valence-electron chi connectivity index (χ2n) is 7.86. The molecule has 4 rings (SSSR count). The van der Waals surface area contributed by atoms with Gasteiger partial charge in [0.2, 0.25) is 5.88 Å². The van der Waals surface area contributed by atoms with Crippen LogP contribution < -0.4 is 0 Å². The summed E-state index contributed by atoms with van der Waals surface area (Å²) in [5, 5.41) is 10.5.